The van der Waals surface area contributed by atoms with Crippen LogP contribution in [-0.4, -0.2) is 16.1 Å². The first-order valence-corrected chi connectivity index (χ1v) is 6.78. The van der Waals surface area contributed by atoms with Crippen molar-refractivity contribution in [2.45, 2.75) is 39.2 Å². The quantitative estimate of drug-likeness (QED) is 0.781. The zero-order valence-electron chi connectivity index (χ0n) is 12.1. The normalized spacial score (nSPS) is 11.6. The Balaban J connectivity index is 2.47. The molecule has 0 radical (unpaired) electrons. The molecule has 0 spiro atoms. The van der Waals surface area contributed by atoms with Crippen molar-refractivity contribution in [3.05, 3.63) is 53.1 Å². The number of halogens is 1. The van der Waals surface area contributed by atoms with E-state index < -0.39 is 5.41 Å². The number of carbonyl (C=O) groups excluding carboxylic acids is 1. The monoisotopic (exact) mass is 274 g/mol. The molecule has 20 heavy (non-hydrogen) atoms. The van der Waals surface area contributed by atoms with E-state index in [1.165, 1.54) is 12.1 Å². The first-order valence-electron chi connectivity index (χ1n) is 6.78. The van der Waals surface area contributed by atoms with Crippen molar-refractivity contribution in [3.63, 3.8) is 0 Å². The number of aromatic nitrogens is 2. The maximum atomic E-state index is 13.1. The fraction of sp³-hybridized carbons (Fsp3) is 0.375. The van der Waals surface area contributed by atoms with Crippen LogP contribution in [0.4, 0.5) is 4.39 Å². The van der Waals surface area contributed by atoms with Gasteiger partial charge in [-0.3, -0.25) is 9.48 Å². The summed E-state index contributed by atoms with van der Waals surface area (Å²) in [5.41, 5.74) is 1.81. The highest BCUT2D eigenvalue weighted by Crippen LogP contribution is 2.32. The fourth-order valence-electron chi connectivity index (χ4n) is 2.36. The lowest BCUT2D eigenvalue weighted by molar-refractivity contribution is 0.112. The van der Waals surface area contributed by atoms with Gasteiger partial charge in [-0.1, -0.05) is 32.9 Å². The summed E-state index contributed by atoms with van der Waals surface area (Å²) >= 11 is 0. The highest BCUT2D eigenvalue weighted by molar-refractivity contribution is 5.77. The lowest BCUT2D eigenvalue weighted by atomic mass is 9.80. The molecule has 1 aromatic heterocycles. The highest BCUT2D eigenvalue weighted by Gasteiger charge is 2.29. The van der Waals surface area contributed by atoms with Gasteiger partial charge in [-0.15, -0.1) is 0 Å². The highest BCUT2D eigenvalue weighted by atomic mass is 19.1. The molecule has 3 nitrogen and oxygen atoms in total. The lowest BCUT2D eigenvalue weighted by Crippen LogP contribution is -2.21. The van der Waals surface area contributed by atoms with Crippen LogP contribution in [0.25, 0.3) is 0 Å². The zero-order chi connectivity index (χ0) is 14.8. The van der Waals surface area contributed by atoms with Crippen LogP contribution in [-0.2, 0) is 12.0 Å². The molecular weight excluding hydrogens is 255 g/mol. The van der Waals surface area contributed by atoms with Gasteiger partial charge in [0.2, 0.25) is 0 Å². The average molecular weight is 274 g/mol. The van der Waals surface area contributed by atoms with E-state index in [2.05, 4.69) is 12.0 Å². The predicted octanol–water partition coefficient (Wildman–Crippen LogP) is 3.57. The van der Waals surface area contributed by atoms with E-state index in [4.69, 9.17) is 0 Å². The molecule has 0 atom stereocenters. The van der Waals surface area contributed by atoms with Crippen LogP contribution >= 0.6 is 0 Å². The number of nitrogens with zero attached hydrogens (tertiary/aromatic N) is 2. The van der Waals surface area contributed by atoms with Crippen LogP contribution in [0.1, 0.15) is 48.8 Å². The molecule has 4 heteroatoms. The summed E-state index contributed by atoms with van der Waals surface area (Å²) in [4.78, 5) is 11.3. The van der Waals surface area contributed by atoms with Crippen LogP contribution in [0.2, 0.25) is 0 Å². The van der Waals surface area contributed by atoms with Gasteiger partial charge in [0, 0.05) is 18.2 Å². The van der Waals surface area contributed by atoms with E-state index in [0.717, 1.165) is 30.5 Å². The van der Waals surface area contributed by atoms with Crippen molar-refractivity contribution in [3.8, 4) is 0 Å². The minimum absolute atomic E-state index is 0.267. The average Bonchev–Trinajstić information content (AvgIpc) is 2.83. The number of aldehydes is 1. The molecule has 106 valence electrons. The summed E-state index contributed by atoms with van der Waals surface area (Å²) in [6.45, 7) is 6.82. The van der Waals surface area contributed by atoms with Crippen molar-refractivity contribution >= 4 is 6.29 Å². The minimum atomic E-state index is -0.442. The van der Waals surface area contributed by atoms with Crippen LogP contribution in [0, 0.1) is 5.82 Å². The third kappa shape index (κ3) is 2.64. The van der Waals surface area contributed by atoms with Gasteiger partial charge >= 0.3 is 0 Å². The Morgan fingerprint density at radius 3 is 2.50 bits per heavy atom. The molecule has 0 saturated carbocycles. The molecule has 2 rings (SSSR count). The lowest BCUT2D eigenvalue weighted by Gasteiger charge is -2.23. The smallest absolute Gasteiger partial charge is 0.153 e. The molecule has 1 heterocycles. The Bertz CT molecular complexity index is 599. The van der Waals surface area contributed by atoms with Crippen molar-refractivity contribution in [1.82, 2.24) is 9.78 Å². The SMILES string of the molecule is CCCn1cc(C=O)c(C(C)(C)c2ccc(F)cc2)n1. The van der Waals surface area contributed by atoms with Crippen LogP contribution in [0.3, 0.4) is 0 Å². The fourth-order valence-corrected chi connectivity index (χ4v) is 2.36. The molecule has 0 unspecified atom stereocenters. The Kier molecular flexibility index (Phi) is 4.02. The van der Waals surface area contributed by atoms with Gasteiger partial charge in [-0.25, -0.2) is 4.39 Å². The molecule has 0 aliphatic carbocycles. The summed E-state index contributed by atoms with van der Waals surface area (Å²) in [7, 11) is 0. The van der Waals surface area contributed by atoms with Gasteiger partial charge in [0.05, 0.1) is 11.3 Å². The summed E-state index contributed by atoms with van der Waals surface area (Å²) in [6, 6.07) is 6.34. The van der Waals surface area contributed by atoms with Gasteiger partial charge in [0.25, 0.3) is 0 Å². The maximum Gasteiger partial charge on any atom is 0.153 e. The van der Waals surface area contributed by atoms with Gasteiger partial charge in [0.1, 0.15) is 5.82 Å². The number of rotatable bonds is 5. The van der Waals surface area contributed by atoms with Gasteiger partial charge in [-0.2, -0.15) is 5.10 Å². The van der Waals surface area contributed by atoms with Crippen LogP contribution in [0.5, 0.6) is 0 Å². The van der Waals surface area contributed by atoms with Crippen LogP contribution < -0.4 is 0 Å². The van der Waals surface area contributed by atoms with E-state index >= 15 is 0 Å². The molecule has 1 aromatic carbocycles. The second-order valence-electron chi connectivity index (χ2n) is 5.45. The third-order valence-corrected chi connectivity index (χ3v) is 3.53. The topological polar surface area (TPSA) is 34.9 Å². The second-order valence-corrected chi connectivity index (χ2v) is 5.45. The van der Waals surface area contributed by atoms with Crippen molar-refractivity contribution < 1.29 is 9.18 Å². The van der Waals surface area contributed by atoms with E-state index in [0.29, 0.717) is 5.56 Å². The largest absolute Gasteiger partial charge is 0.298 e. The number of benzene rings is 1. The van der Waals surface area contributed by atoms with E-state index in [-0.39, 0.29) is 5.82 Å². The molecule has 2 aromatic rings. The Hall–Kier alpha value is -1.97. The number of aryl methyl sites for hydroxylation is 1. The van der Waals surface area contributed by atoms with Crippen molar-refractivity contribution in [1.29, 1.82) is 0 Å². The molecule has 0 amide bonds. The number of carbonyl (C=O) groups is 1. The van der Waals surface area contributed by atoms with E-state index in [1.54, 1.807) is 23.0 Å². The van der Waals surface area contributed by atoms with Crippen molar-refractivity contribution in [2.75, 3.05) is 0 Å². The van der Waals surface area contributed by atoms with Crippen molar-refractivity contribution in [2.24, 2.45) is 0 Å². The number of hydrogen-bond acceptors (Lipinski definition) is 2. The predicted molar refractivity (Wildman–Crippen MR) is 76.4 cm³/mol. The maximum absolute atomic E-state index is 13.1. The molecule has 0 fully saturated rings. The van der Waals surface area contributed by atoms with Gasteiger partial charge in [0.15, 0.2) is 6.29 Å². The standard InChI is InChI=1S/C16H19FN2O/c1-4-9-19-10-12(11-20)15(18-19)16(2,3)13-5-7-14(17)8-6-13/h5-8,10-11H,4,9H2,1-3H3. The molecule has 0 bridgehead atoms. The Morgan fingerprint density at radius 1 is 1.30 bits per heavy atom. The van der Waals surface area contributed by atoms with Crippen LogP contribution in [0.15, 0.2) is 30.5 Å². The zero-order valence-corrected chi connectivity index (χ0v) is 12.1. The second kappa shape index (κ2) is 5.57. The Labute approximate surface area is 118 Å². The molecular formula is C16H19FN2O. The number of hydrogen-bond donors (Lipinski definition) is 0. The van der Waals surface area contributed by atoms with Gasteiger partial charge < -0.3 is 0 Å². The first kappa shape index (κ1) is 14.4. The molecule has 0 aliphatic rings. The van der Waals surface area contributed by atoms with Gasteiger partial charge in [-0.05, 0) is 24.1 Å². The summed E-state index contributed by atoms with van der Waals surface area (Å²) in [5, 5.41) is 4.53. The van der Waals surface area contributed by atoms with E-state index in [9.17, 15) is 9.18 Å². The molecule has 0 saturated heterocycles. The summed E-state index contributed by atoms with van der Waals surface area (Å²) in [5.74, 6) is -0.267. The Morgan fingerprint density at radius 2 is 1.95 bits per heavy atom. The molecule has 0 aliphatic heterocycles. The first-order chi connectivity index (χ1) is 9.48. The third-order valence-electron chi connectivity index (χ3n) is 3.53. The summed E-state index contributed by atoms with van der Waals surface area (Å²) < 4.78 is 14.8. The minimum Gasteiger partial charge on any atom is -0.298 e. The molecule has 0 N–H and O–H groups in total. The van der Waals surface area contributed by atoms with E-state index in [1.807, 2.05) is 13.8 Å². The summed E-state index contributed by atoms with van der Waals surface area (Å²) in [6.07, 6.45) is 3.56.